The highest BCUT2D eigenvalue weighted by atomic mass is 32.2. The molecule has 0 radical (unpaired) electrons. The van der Waals surface area contributed by atoms with E-state index in [4.69, 9.17) is 4.42 Å². The number of fused-ring (bicyclic) bond motifs is 1. The van der Waals surface area contributed by atoms with Gasteiger partial charge >= 0.3 is 0 Å². The maximum atomic E-state index is 13.0. The molecule has 2 unspecified atom stereocenters. The van der Waals surface area contributed by atoms with E-state index in [1.807, 2.05) is 25.1 Å². The largest absolute Gasteiger partial charge is 0.468 e. The van der Waals surface area contributed by atoms with Gasteiger partial charge in [-0.2, -0.15) is 0 Å². The zero-order valence-corrected chi connectivity index (χ0v) is 17.3. The van der Waals surface area contributed by atoms with Crippen molar-refractivity contribution in [3.8, 4) is 0 Å². The van der Waals surface area contributed by atoms with Crippen LogP contribution in [0.5, 0.6) is 0 Å². The van der Waals surface area contributed by atoms with Gasteiger partial charge in [0.15, 0.2) is 9.84 Å². The third-order valence-electron chi connectivity index (χ3n) is 5.25. The van der Waals surface area contributed by atoms with Gasteiger partial charge in [-0.3, -0.25) is 4.90 Å². The van der Waals surface area contributed by atoms with E-state index in [1.54, 1.807) is 36.6 Å². The molecule has 0 fully saturated rings. The number of hydrogen-bond acceptors (Lipinski definition) is 6. The maximum Gasteiger partial charge on any atom is 0.179 e. The van der Waals surface area contributed by atoms with E-state index >= 15 is 0 Å². The predicted molar refractivity (Wildman–Crippen MR) is 108 cm³/mol. The lowest BCUT2D eigenvalue weighted by atomic mass is 9.98. The summed E-state index contributed by atoms with van der Waals surface area (Å²) < 4.78 is 31.6. The van der Waals surface area contributed by atoms with Crippen molar-refractivity contribution in [1.29, 1.82) is 0 Å². The van der Waals surface area contributed by atoms with Crippen LogP contribution in [0.2, 0.25) is 0 Å². The third-order valence-corrected chi connectivity index (χ3v) is 7.06. The molecule has 0 aliphatic carbocycles. The number of rotatable bonds is 9. The van der Waals surface area contributed by atoms with Crippen LogP contribution in [0.4, 0.5) is 0 Å². The van der Waals surface area contributed by atoms with Crippen molar-refractivity contribution in [1.82, 2.24) is 9.80 Å². The van der Waals surface area contributed by atoms with Gasteiger partial charge in [0.2, 0.25) is 0 Å². The highest BCUT2D eigenvalue weighted by Gasteiger charge is 2.31. The first kappa shape index (κ1) is 20.8. The maximum absolute atomic E-state index is 13.0. The number of carbonyl (C=O) groups is 1. The van der Waals surface area contributed by atoms with Crippen molar-refractivity contribution in [2.24, 2.45) is 5.92 Å². The van der Waals surface area contributed by atoms with E-state index in [1.165, 1.54) is 5.56 Å². The summed E-state index contributed by atoms with van der Waals surface area (Å²) in [4.78, 5) is 16.1. The van der Waals surface area contributed by atoms with Crippen LogP contribution >= 0.6 is 0 Å². The standard InChI is InChI=1S/C21H28N2O4S/c1-22(2)13-17(15-24)12-19(16-28(25,26)20-6-4-3-5-7-20)23-10-8-18-9-11-27-21(18)14-23/h3-7,9,11,15,17,19H,8,10,12-14,16H2,1-2H3. The number of benzene rings is 1. The van der Waals surface area contributed by atoms with E-state index in [0.717, 1.165) is 25.0 Å². The van der Waals surface area contributed by atoms with Gasteiger partial charge in [0.25, 0.3) is 0 Å². The van der Waals surface area contributed by atoms with Crippen LogP contribution in [0.15, 0.2) is 52.0 Å². The average Bonchev–Trinajstić information content (AvgIpc) is 3.14. The van der Waals surface area contributed by atoms with Crippen LogP contribution in [0.3, 0.4) is 0 Å². The van der Waals surface area contributed by atoms with E-state index in [2.05, 4.69) is 4.90 Å². The molecule has 28 heavy (non-hydrogen) atoms. The Hall–Kier alpha value is -1.96. The molecule has 152 valence electrons. The molecule has 0 saturated carbocycles. The van der Waals surface area contributed by atoms with Crippen LogP contribution in [0.25, 0.3) is 0 Å². The van der Waals surface area contributed by atoms with E-state index in [9.17, 15) is 13.2 Å². The Morgan fingerprint density at radius 3 is 2.64 bits per heavy atom. The SMILES string of the molecule is CN(C)CC(C=O)CC(CS(=O)(=O)c1ccccc1)N1CCc2ccoc2C1. The molecule has 0 N–H and O–H groups in total. The minimum Gasteiger partial charge on any atom is -0.468 e. The number of nitrogens with zero attached hydrogens (tertiary/aromatic N) is 2. The number of furan rings is 1. The number of sulfone groups is 1. The molecule has 2 heterocycles. The van der Waals surface area contributed by atoms with Crippen molar-refractivity contribution < 1.29 is 17.6 Å². The first-order valence-electron chi connectivity index (χ1n) is 9.56. The van der Waals surface area contributed by atoms with Crippen LogP contribution in [0.1, 0.15) is 17.7 Å². The molecule has 2 atom stereocenters. The minimum absolute atomic E-state index is 0.00910. The normalized spacial score (nSPS) is 17.2. The van der Waals surface area contributed by atoms with Gasteiger partial charge in [-0.05, 0) is 50.7 Å². The summed E-state index contributed by atoms with van der Waals surface area (Å²) in [5.74, 6) is 0.665. The summed E-state index contributed by atoms with van der Waals surface area (Å²) in [5, 5.41) is 0. The molecule has 6 nitrogen and oxygen atoms in total. The van der Waals surface area contributed by atoms with Crippen molar-refractivity contribution in [2.45, 2.75) is 30.3 Å². The summed E-state index contributed by atoms with van der Waals surface area (Å²) in [6, 6.07) is 10.3. The molecule has 1 aromatic carbocycles. The number of aldehydes is 1. The quantitative estimate of drug-likeness (QED) is 0.597. The number of carbonyl (C=O) groups excluding carboxylic acids is 1. The topological polar surface area (TPSA) is 70.8 Å². The molecule has 2 aromatic rings. The fraction of sp³-hybridized carbons (Fsp3) is 0.476. The van der Waals surface area contributed by atoms with Crippen molar-refractivity contribution in [3.63, 3.8) is 0 Å². The van der Waals surface area contributed by atoms with Gasteiger partial charge in [0.1, 0.15) is 12.0 Å². The molecule has 1 aliphatic rings. The fourth-order valence-electron chi connectivity index (χ4n) is 3.86. The molecule has 7 heteroatoms. The lowest BCUT2D eigenvalue weighted by Crippen LogP contribution is -2.45. The van der Waals surface area contributed by atoms with Crippen LogP contribution < -0.4 is 0 Å². The lowest BCUT2D eigenvalue weighted by Gasteiger charge is -2.35. The summed E-state index contributed by atoms with van der Waals surface area (Å²) in [7, 11) is 0.381. The lowest BCUT2D eigenvalue weighted by molar-refractivity contribution is -0.112. The van der Waals surface area contributed by atoms with Crippen LogP contribution in [-0.4, -0.2) is 63.5 Å². The van der Waals surface area contributed by atoms with E-state index < -0.39 is 9.84 Å². The zero-order chi connectivity index (χ0) is 20.1. The molecule has 0 saturated heterocycles. The highest BCUT2D eigenvalue weighted by Crippen LogP contribution is 2.26. The zero-order valence-electron chi connectivity index (χ0n) is 16.5. The van der Waals surface area contributed by atoms with Gasteiger partial charge in [-0.15, -0.1) is 0 Å². The smallest absolute Gasteiger partial charge is 0.179 e. The summed E-state index contributed by atoms with van der Waals surface area (Å²) >= 11 is 0. The van der Waals surface area contributed by atoms with Crippen molar-refractivity contribution >= 4 is 16.1 Å². The molecule has 3 rings (SSSR count). The molecule has 0 spiro atoms. The van der Waals surface area contributed by atoms with Gasteiger partial charge in [0.05, 0.1) is 23.5 Å². The minimum atomic E-state index is -3.46. The second-order valence-electron chi connectivity index (χ2n) is 7.73. The van der Waals surface area contributed by atoms with Crippen LogP contribution in [-0.2, 0) is 27.6 Å². The van der Waals surface area contributed by atoms with Crippen LogP contribution in [0, 0.1) is 5.92 Å². The van der Waals surface area contributed by atoms with Gasteiger partial charge < -0.3 is 14.1 Å². The monoisotopic (exact) mass is 404 g/mol. The van der Waals surface area contributed by atoms with Gasteiger partial charge in [0, 0.05) is 25.0 Å². The van der Waals surface area contributed by atoms with E-state index in [0.29, 0.717) is 24.4 Å². The van der Waals surface area contributed by atoms with Crippen molar-refractivity contribution in [3.05, 3.63) is 54.0 Å². The second kappa shape index (κ2) is 9.03. The second-order valence-corrected chi connectivity index (χ2v) is 9.77. The molecular weight excluding hydrogens is 376 g/mol. The fourth-order valence-corrected chi connectivity index (χ4v) is 5.48. The first-order valence-corrected chi connectivity index (χ1v) is 11.2. The molecule has 0 amide bonds. The summed E-state index contributed by atoms with van der Waals surface area (Å²) in [6.07, 6.45) is 3.96. The van der Waals surface area contributed by atoms with Gasteiger partial charge in [-0.25, -0.2) is 8.42 Å². The molecule has 0 bridgehead atoms. The Kier molecular flexibility index (Phi) is 6.69. The molecule has 1 aromatic heterocycles. The molecule has 1 aliphatic heterocycles. The summed E-state index contributed by atoms with van der Waals surface area (Å²) in [6.45, 7) is 1.94. The highest BCUT2D eigenvalue weighted by molar-refractivity contribution is 7.91. The average molecular weight is 405 g/mol. The Morgan fingerprint density at radius 2 is 1.96 bits per heavy atom. The Bertz CT molecular complexity index is 877. The number of hydrogen-bond donors (Lipinski definition) is 0. The Morgan fingerprint density at radius 1 is 1.21 bits per heavy atom. The predicted octanol–water partition coefficient (Wildman–Crippen LogP) is 2.25. The molecular formula is C21H28N2O4S. The third kappa shape index (κ3) is 5.10. The van der Waals surface area contributed by atoms with E-state index in [-0.39, 0.29) is 17.7 Å². The Balaban J connectivity index is 1.83. The Labute approximate surface area is 167 Å². The van der Waals surface area contributed by atoms with Crippen molar-refractivity contribution in [2.75, 3.05) is 32.9 Å². The van der Waals surface area contributed by atoms with Gasteiger partial charge in [-0.1, -0.05) is 18.2 Å². The first-order chi connectivity index (χ1) is 13.4. The summed E-state index contributed by atoms with van der Waals surface area (Å²) in [5.41, 5.74) is 1.18.